The molecule has 2 amide bonds. The molecule has 28 heavy (non-hydrogen) atoms. The Morgan fingerprint density at radius 3 is 1.86 bits per heavy atom. The number of sulfonamides is 1. The number of amides is 2. The van der Waals surface area contributed by atoms with Crippen molar-refractivity contribution >= 4 is 103 Å². The van der Waals surface area contributed by atoms with Crippen molar-refractivity contribution in [3.8, 4) is 0 Å². The molecule has 0 saturated carbocycles. The Hall–Kier alpha value is -0.520. The number of anilines is 1. The summed E-state index contributed by atoms with van der Waals surface area (Å²) in [6.45, 7) is 0. The molecule has 2 N–H and O–H groups in total. The SMILES string of the molecule is O=C(Nc1nc(C(Cl)(Cl)Cl)nc(C(Cl)(Cl)Cl)n1)NS(=O)(=O)c1ccccc1Cl. The van der Waals surface area contributed by atoms with Crippen molar-refractivity contribution in [2.45, 2.75) is 12.5 Å². The lowest BCUT2D eigenvalue weighted by Crippen LogP contribution is -2.35. The number of urea groups is 1. The van der Waals surface area contributed by atoms with E-state index < -0.39 is 41.2 Å². The zero-order valence-corrected chi connectivity index (χ0v) is 19.0. The van der Waals surface area contributed by atoms with Crippen molar-refractivity contribution in [1.29, 1.82) is 0 Å². The van der Waals surface area contributed by atoms with Crippen LogP contribution in [0.15, 0.2) is 29.2 Å². The van der Waals surface area contributed by atoms with Crippen molar-refractivity contribution in [2.24, 2.45) is 0 Å². The van der Waals surface area contributed by atoms with Gasteiger partial charge in [-0.15, -0.1) is 0 Å². The molecular weight excluding hydrogens is 542 g/mol. The Morgan fingerprint density at radius 2 is 1.39 bits per heavy atom. The number of alkyl halides is 6. The Morgan fingerprint density at radius 1 is 0.893 bits per heavy atom. The summed E-state index contributed by atoms with van der Waals surface area (Å²) in [5.41, 5.74) is 0. The number of hydrogen-bond donors (Lipinski definition) is 2. The van der Waals surface area contributed by atoms with Gasteiger partial charge < -0.3 is 0 Å². The molecule has 0 saturated heterocycles. The van der Waals surface area contributed by atoms with Gasteiger partial charge in [0, 0.05) is 0 Å². The zero-order chi connectivity index (χ0) is 21.3. The van der Waals surface area contributed by atoms with E-state index in [1.165, 1.54) is 24.3 Å². The van der Waals surface area contributed by atoms with Crippen LogP contribution in [0.3, 0.4) is 0 Å². The van der Waals surface area contributed by atoms with E-state index in [0.717, 1.165) is 0 Å². The van der Waals surface area contributed by atoms with E-state index in [4.69, 9.17) is 81.2 Å². The van der Waals surface area contributed by atoms with Gasteiger partial charge in [-0.25, -0.2) is 22.9 Å². The van der Waals surface area contributed by atoms with Gasteiger partial charge in [-0.3, -0.25) is 5.32 Å². The highest BCUT2D eigenvalue weighted by atomic mass is 35.6. The van der Waals surface area contributed by atoms with E-state index in [2.05, 4.69) is 15.0 Å². The third-order valence-electron chi connectivity index (χ3n) is 2.72. The van der Waals surface area contributed by atoms with Crippen LogP contribution in [0, 0.1) is 0 Å². The van der Waals surface area contributed by atoms with Gasteiger partial charge in [-0.05, 0) is 12.1 Å². The van der Waals surface area contributed by atoms with Crippen LogP contribution < -0.4 is 10.0 Å². The Labute approximate surface area is 193 Å². The monoisotopic (exact) mass is 545 g/mol. The number of carbonyl (C=O) groups is 1. The minimum absolute atomic E-state index is 0.0973. The van der Waals surface area contributed by atoms with Crippen molar-refractivity contribution in [3.63, 3.8) is 0 Å². The van der Waals surface area contributed by atoms with Gasteiger partial charge in [-0.2, -0.15) is 9.97 Å². The fourth-order valence-corrected chi connectivity index (χ4v) is 3.59. The topological polar surface area (TPSA) is 114 Å². The summed E-state index contributed by atoms with van der Waals surface area (Å²) in [6, 6.07) is 4.22. The molecule has 0 aliphatic rings. The van der Waals surface area contributed by atoms with Crippen LogP contribution in [0.25, 0.3) is 0 Å². The van der Waals surface area contributed by atoms with Gasteiger partial charge in [0.15, 0.2) is 11.6 Å². The van der Waals surface area contributed by atoms with Crippen LogP contribution in [0.1, 0.15) is 11.6 Å². The van der Waals surface area contributed by atoms with Crippen molar-refractivity contribution in [2.75, 3.05) is 5.32 Å². The minimum Gasteiger partial charge on any atom is -0.275 e. The van der Waals surface area contributed by atoms with Crippen LogP contribution in [-0.4, -0.2) is 29.4 Å². The smallest absolute Gasteiger partial charge is 0.275 e. The van der Waals surface area contributed by atoms with Crippen LogP contribution in [0.5, 0.6) is 0 Å². The quantitative estimate of drug-likeness (QED) is 0.539. The molecule has 0 radical (unpaired) electrons. The van der Waals surface area contributed by atoms with Crippen LogP contribution in [0.4, 0.5) is 10.7 Å². The molecule has 0 aliphatic carbocycles. The Balaban J connectivity index is 2.32. The normalized spacial score (nSPS) is 12.5. The van der Waals surface area contributed by atoms with Crippen LogP contribution in [0.2, 0.25) is 5.02 Å². The summed E-state index contributed by atoms with van der Waals surface area (Å²) >= 11 is 40.0. The second kappa shape index (κ2) is 8.69. The molecule has 1 aromatic heterocycles. The number of aromatic nitrogens is 3. The van der Waals surface area contributed by atoms with Gasteiger partial charge >= 0.3 is 6.03 Å². The highest BCUT2D eigenvalue weighted by Crippen LogP contribution is 2.40. The molecule has 16 heteroatoms. The summed E-state index contributed by atoms with van der Waals surface area (Å²) in [5, 5.41) is 1.93. The van der Waals surface area contributed by atoms with Crippen LogP contribution >= 0.6 is 81.2 Å². The number of nitrogens with zero attached hydrogens (tertiary/aromatic N) is 3. The number of hydrogen-bond acceptors (Lipinski definition) is 6. The molecule has 0 fully saturated rings. The largest absolute Gasteiger partial charge is 0.335 e. The van der Waals surface area contributed by atoms with E-state index in [0.29, 0.717) is 0 Å². The van der Waals surface area contributed by atoms with Crippen molar-refractivity contribution < 1.29 is 13.2 Å². The highest BCUT2D eigenvalue weighted by molar-refractivity contribution is 7.90. The molecule has 0 atom stereocenters. The number of rotatable bonds is 3. The summed E-state index contributed by atoms with van der Waals surface area (Å²) in [5.74, 6) is -1.49. The second-order valence-electron chi connectivity index (χ2n) is 4.79. The van der Waals surface area contributed by atoms with Gasteiger partial charge in [0.1, 0.15) is 4.90 Å². The van der Waals surface area contributed by atoms with E-state index in [1.54, 1.807) is 4.72 Å². The third-order valence-corrected chi connectivity index (χ3v) is 5.57. The molecule has 1 aromatic carbocycles. The minimum atomic E-state index is -4.31. The molecule has 152 valence electrons. The molecule has 1 heterocycles. The highest BCUT2D eigenvalue weighted by Gasteiger charge is 2.34. The first-order chi connectivity index (χ1) is 12.7. The third kappa shape index (κ3) is 6.24. The fraction of sp³-hybridized carbons (Fsp3) is 0.167. The standard InChI is InChI=1S/C12H6Cl7N5O3S/c13-5-3-1-2-4-6(5)28(26,27)24-10(25)23-9-21-7(11(14,15)16)20-8(22-9)12(17,18)19/h1-4H,(H2,20,21,22,23,24,25). The zero-order valence-electron chi connectivity index (χ0n) is 12.9. The molecule has 0 aliphatic heterocycles. The first-order valence-corrected chi connectivity index (χ1v) is 10.8. The maximum Gasteiger partial charge on any atom is 0.335 e. The molecule has 8 nitrogen and oxygen atoms in total. The van der Waals surface area contributed by atoms with E-state index in [1.807, 2.05) is 5.32 Å². The number of halogens is 7. The predicted octanol–water partition coefficient (Wildman–Crippen LogP) is 4.69. The molecule has 0 bridgehead atoms. The Bertz CT molecular complexity index is 975. The maximum atomic E-state index is 12.3. The maximum absolute atomic E-state index is 12.3. The van der Waals surface area contributed by atoms with Gasteiger partial charge in [0.2, 0.25) is 13.5 Å². The average Bonchev–Trinajstić information content (AvgIpc) is 2.52. The second-order valence-corrected chi connectivity index (χ2v) is 11.4. The molecular formula is C12H6Cl7N5O3S. The number of benzene rings is 1. The Kier molecular flexibility index (Phi) is 7.37. The van der Waals surface area contributed by atoms with E-state index in [-0.39, 0.29) is 9.92 Å². The van der Waals surface area contributed by atoms with E-state index in [9.17, 15) is 13.2 Å². The van der Waals surface area contributed by atoms with Gasteiger partial charge in [-0.1, -0.05) is 93.3 Å². The number of carbonyl (C=O) groups excluding carboxylic acids is 1. The first kappa shape index (κ1) is 23.8. The van der Waals surface area contributed by atoms with Crippen molar-refractivity contribution in [1.82, 2.24) is 19.7 Å². The lowest BCUT2D eigenvalue weighted by molar-refractivity contribution is 0.256. The molecule has 2 rings (SSSR count). The average molecular weight is 548 g/mol. The molecule has 2 aromatic rings. The van der Waals surface area contributed by atoms with Crippen molar-refractivity contribution in [3.05, 3.63) is 40.9 Å². The summed E-state index contributed by atoms with van der Waals surface area (Å²) in [7, 11) is -4.31. The lowest BCUT2D eigenvalue weighted by Gasteiger charge is -2.16. The summed E-state index contributed by atoms with van der Waals surface area (Å²) in [6.07, 6.45) is 0. The lowest BCUT2D eigenvalue weighted by atomic mass is 10.4. The molecule has 0 spiro atoms. The summed E-state index contributed by atoms with van der Waals surface area (Å²) < 4.78 is 22.0. The fourth-order valence-electron chi connectivity index (χ4n) is 1.65. The van der Waals surface area contributed by atoms with E-state index >= 15 is 0 Å². The summed E-state index contributed by atoms with van der Waals surface area (Å²) in [4.78, 5) is 22.8. The molecule has 0 unspecified atom stereocenters. The van der Waals surface area contributed by atoms with Gasteiger partial charge in [0.25, 0.3) is 10.0 Å². The van der Waals surface area contributed by atoms with Gasteiger partial charge in [0.05, 0.1) is 5.02 Å². The number of nitrogens with one attached hydrogen (secondary N) is 2. The van der Waals surface area contributed by atoms with Crippen LogP contribution in [-0.2, 0) is 17.6 Å². The first-order valence-electron chi connectivity index (χ1n) is 6.69. The predicted molar refractivity (Wildman–Crippen MR) is 109 cm³/mol.